The highest BCUT2D eigenvalue weighted by molar-refractivity contribution is 7.92. The summed E-state index contributed by atoms with van der Waals surface area (Å²) in [6, 6.07) is 11.0. The molecule has 0 saturated carbocycles. The molecule has 0 atom stereocenters. The number of benzene rings is 1. The maximum Gasteiger partial charge on any atom is 0.232 e. The Morgan fingerprint density at radius 2 is 1.96 bits per heavy atom. The molecular formula is C18H23N3O3S. The molecule has 2 aromatic rings. The van der Waals surface area contributed by atoms with Crippen LogP contribution < -0.4 is 9.62 Å². The van der Waals surface area contributed by atoms with Crippen molar-refractivity contribution in [2.75, 3.05) is 17.1 Å². The highest BCUT2D eigenvalue weighted by atomic mass is 32.2. The fourth-order valence-electron chi connectivity index (χ4n) is 2.48. The number of rotatable bonds is 8. The van der Waals surface area contributed by atoms with Crippen LogP contribution in [0.2, 0.25) is 0 Å². The number of nitrogens with one attached hydrogen (secondary N) is 1. The summed E-state index contributed by atoms with van der Waals surface area (Å²) in [6.07, 6.45) is 5.26. The summed E-state index contributed by atoms with van der Waals surface area (Å²) in [5.74, 6) is -0.109. The van der Waals surface area contributed by atoms with Gasteiger partial charge in [-0.05, 0) is 36.6 Å². The van der Waals surface area contributed by atoms with Gasteiger partial charge in [-0.15, -0.1) is 0 Å². The third kappa shape index (κ3) is 5.86. The van der Waals surface area contributed by atoms with Crippen LogP contribution in [0.4, 0.5) is 5.69 Å². The van der Waals surface area contributed by atoms with Gasteiger partial charge in [0.25, 0.3) is 0 Å². The Hall–Kier alpha value is -2.41. The van der Waals surface area contributed by atoms with Gasteiger partial charge in [-0.3, -0.25) is 14.1 Å². The highest BCUT2D eigenvalue weighted by Crippen LogP contribution is 2.22. The Morgan fingerprint density at radius 3 is 2.60 bits per heavy atom. The summed E-state index contributed by atoms with van der Waals surface area (Å²) < 4.78 is 25.5. The van der Waals surface area contributed by atoms with Crippen molar-refractivity contribution < 1.29 is 13.2 Å². The molecule has 0 unspecified atom stereocenters. The minimum Gasteiger partial charge on any atom is -0.352 e. The summed E-state index contributed by atoms with van der Waals surface area (Å²) >= 11 is 0. The van der Waals surface area contributed by atoms with Crippen molar-refractivity contribution in [1.29, 1.82) is 0 Å². The number of carbonyl (C=O) groups excluding carboxylic acids is 1. The Morgan fingerprint density at radius 1 is 1.20 bits per heavy atom. The normalized spacial score (nSPS) is 11.1. The van der Waals surface area contributed by atoms with Crippen LogP contribution in [-0.2, 0) is 21.4 Å². The van der Waals surface area contributed by atoms with E-state index in [1.807, 2.05) is 31.2 Å². The number of aromatic nitrogens is 1. The van der Waals surface area contributed by atoms with Gasteiger partial charge in [-0.1, -0.05) is 24.3 Å². The van der Waals surface area contributed by atoms with Crippen LogP contribution in [0, 0.1) is 6.92 Å². The van der Waals surface area contributed by atoms with E-state index < -0.39 is 10.0 Å². The zero-order valence-electron chi connectivity index (χ0n) is 14.5. The van der Waals surface area contributed by atoms with Crippen molar-refractivity contribution in [2.45, 2.75) is 26.3 Å². The van der Waals surface area contributed by atoms with E-state index in [1.54, 1.807) is 24.5 Å². The lowest BCUT2D eigenvalue weighted by molar-refractivity contribution is -0.121. The smallest absolute Gasteiger partial charge is 0.232 e. The Kier molecular flexibility index (Phi) is 6.52. The van der Waals surface area contributed by atoms with E-state index in [2.05, 4.69) is 10.3 Å². The fraction of sp³-hybridized carbons (Fsp3) is 0.333. The molecular weight excluding hydrogens is 338 g/mol. The highest BCUT2D eigenvalue weighted by Gasteiger charge is 2.18. The van der Waals surface area contributed by atoms with Crippen molar-refractivity contribution in [3.05, 3.63) is 59.9 Å². The first-order chi connectivity index (χ1) is 11.9. The van der Waals surface area contributed by atoms with E-state index in [4.69, 9.17) is 0 Å². The summed E-state index contributed by atoms with van der Waals surface area (Å²) in [7, 11) is -3.40. The second-order valence-corrected chi connectivity index (χ2v) is 7.77. The minimum atomic E-state index is -3.40. The first-order valence-corrected chi connectivity index (χ1v) is 9.91. The molecule has 7 heteroatoms. The average molecular weight is 361 g/mol. The van der Waals surface area contributed by atoms with E-state index in [0.29, 0.717) is 18.7 Å². The molecule has 0 radical (unpaired) electrons. The van der Waals surface area contributed by atoms with Gasteiger partial charge in [-0.25, -0.2) is 8.42 Å². The van der Waals surface area contributed by atoms with Crippen LogP contribution in [0.25, 0.3) is 0 Å². The van der Waals surface area contributed by atoms with Gasteiger partial charge in [0.2, 0.25) is 15.9 Å². The molecule has 0 spiro atoms. The average Bonchev–Trinajstić information content (AvgIpc) is 2.58. The molecule has 0 saturated heterocycles. The van der Waals surface area contributed by atoms with Crippen LogP contribution in [0.1, 0.15) is 24.0 Å². The molecule has 134 valence electrons. The van der Waals surface area contributed by atoms with Gasteiger partial charge in [0.05, 0.1) is 11.9 Å². The molecule has 0 aliphatic heterocycles. The second kappa shape index (κ2) is 8.62. The standard InChI is InChI=1S/C18H23N3O3S/c1-15-7-3-4-9-17(15)21(25(2,23)24)12-6-10-18(22)20-14-16-8-5-11-19-13-16/h3-5,7-9,11,13H,6,10,12,14H2,1-2H3,(H,20,22). The number of carbonyl (C=O) groups is 1. The first kappa shape index (κ1) is 18.9. The molecule has 0 fully saturated rings. The third-order valence-corrected chi connectivity index (χ3v) is 4.94. The lowest BCUT2D eigenvalue weighted by Crippen LogP contribution is -2.32. The van der Waals surface area contributed by atoms with Gasteiger partial charge in [-0.2, -0.15) is 0 Å². The topological polar surface area (TPSA) is 79.4 Å². The Bertz CT molecular complexity index is 807. The number of nitrogens with zero attached hydrogens (tertiary/aromatic N) is 2. The molecule has 1 amide bonds. The van der Waals surface area contributed by atoms with Crippen molar-refractivity contribution in [3.63, 3.8) is 0 Å². The summed E-state index contributed by atoms with van der Waals surface area (Å²) in [6.45, 7) is 2.55. The number of para-hydroxylation sites is 1. The summed E-state index contributed by atoms with van der Waals surface area (Å²) in [5, 5.41) is 2.82. The van der Waals surface area contributed by atoms with Crippen molar-refractivity contribution in [2.24, 2.45) is 0 Å². The van der Waals surface area contributed by atoms with Crippen LogP contribution in [0.15, 0.2) is 48.8 Å². The van der Waals surface area contributed by atoms with Gasteiger partial charge in [0, 0.05) is 31.9 Å². The number of pyridine rings is 1. The predicted octanol–water partition coefficient (Wildman–Crippen LogP) is 2.25. The number of hydrogen-bond donors (Lipinski definition) is 1. The molecule has 0 bridgehead atoms. The number of sulfonamides is 1. The van der Waals surface area contributed by atoms with Crippen molar-refractivity contribution in [1.82, 2.24) is 10.3 Å². The predicted molar refractivity (Wildman–Crippen MR) is 98.7 cm³/mol. The Labute approximate surface area is 148 Å². The lowest BCUT2D eigenvalue weighted by Gasteiger charge is -2.24. The fourth-order valence-corrected chi connectivity index (χ4v) is 3.51. The lowest BCUT2D eigenvalue weighted by atomic mass is 10.2. The number of anilines is 1. The maximum atomic E-state index is 12.1. The summed E-state index contributed by atoms with van der Waals surface area (Å²) in [5.41, 5.74) is 2.46. The van der Waals surface area contributed by atoms with Crippen LogP contribution >= 0.6 is 0 Å². The van der Waals surface area contributed by atoms with E-state index in [0.717, 1.165) is 11.1 Å². The monoisotopic (exact) mass is 361 g/mol. The zero-order chi connectivity index (χ0) is 18.3. The molecule has 0 aliphatic carbocycles. The van der Waals surface area contributed by atoms with E-state index in [9.17, 15) is 13.2 Å². The Balaban J connectivity index is 1.89. The van der Waals surface area contributed by atoms with Gasteiger partial charge in [0.1, 0.15) is 0 Å². The number of aryl methyl sites for hydroxylation is 1. The molecule has 6 nitrogen and oxygen atoms in total. The molecule has 1 N–H and O–H groups in total. The van der Waals surface area contributed by atoms with Crippen LogP contribution in [-0.4, -0.2) is 32.1 Å². The second-order valence-electron chi connectivity index (χ2n) is 5.86. The molecule has 2 rings (SSSR count). The number of amides is 1. The quantitative estimate of drug-likeness (QED) is 0.782. The minimum absolute atomic E-state index is 0.109. The van der Waals surface area contributed by atoms with E-state index in [1.165, 1.54) is 10.6 Å². The SMILES string of the molecule is Cc1ccccc1N(CCCC(=O)NCc1cccnc1)S(C)(=O)=O. The van der Waals surface area contributed by atoms with E-state index >= 15 is 0 Å². The van der Waals surface area contributed by atoms with Crippen molar-refractivity contribution >= 4 is 21.6 Å². The van der Waals surface area contributed by atoms with Crippen molar-refractivity contribution in [3.8, 4) is 0 Å². The molecule has 0 aliphatic rings. The van der Waals surface area contributed by atoms with Gasteiger partial charge >= 0.3 is 0 Å². The van der Waals surface area contributed by atoms with Gasteiger partial charge < -0.3 is 5.32 Å². The zero-order valence-corrected chi connectivity index (χ0v) is 15.3. The summed E-state index contributed by atoms with van der Waals surface area (Å²) in [4.78, 5) is 15.9. The van der Waals surface area contributed by atoms with E-state index in [-0.39, 0.29) is 18.9 Å². The van der Waals surface area contributed by atoms with Gasteiger partial charge in [0.15, 0.2) is 0 Å². The van der Waals surface area contributed by atoms with Crippen LogP contribution in [0.5, 0.6) is 0 Å². The number of hydrogen-bond acceptors (Lipinski definition) is 4. The first-order valence-electron chi connectivity index (χ1n) is 8.07. The maximum absolute atomic E-state index is 12.1. The molecule has 1 heterocycles. The third-order valence-electron chi connectivity index (χ3n) is 3.76. The molecule has 1 aromatic carbocycles. The van der Waals surface area contributed by atoms with Crippen LogP contribution in [0.3, 0.4) is 0 Å². The molecule has 1 aromatic heterocycles. The largest absolute Gasteiger partial charge is 0.352 e. The molecule has 25 heavy (non-hydrogen) atoms.